The van der Waals surface area contributed by atoms with Crippen LogP contribution in [0.5, 0.6) is 0 Å². The fourth-order valence-electron chi connectivity index (χ4n) is 4.78. The average molecular weight is 625 g/mol. The zero-order valence-electron chi connectivity index (χ0n) is 24.7. The molecular weight excluding hydrogens is 594 g/mol. The third-order valence-corrected chi connectivity index (χ3v) is 7.07. The number of aromatic nitrogens is 4. The van der Waals surface area contributed by atoms with E-state index in [9.17, 15) is 23.2 Å². The number of carbonyl (C=O) groups excluding carboxylic acids is 1. The molecule has 2 aliphatic rings. The molecule has 0 unspecified atom stereocenters. The fraction of sp³-hybridized carbons (Fsp3) is 0.206. The molecule has 0 saturated carbocycles. The highest BCUT2D eigenvalue weighted by molar-refractivity contribution is 6.11. The van der Waals surface area contributed by atoms with Gasteiger partial charge in [-0.2, -0.15) is 0 Å². The standard InChI is InChI=1S/C17H16FN3O2.C17H14FN3O2/c2*18-13-3-5-15(6-4-13)21-11-14(2-1-9-22)20-16(17(21)23)12-7-8-19-10-12/h3-7,10-11,22H,1-2,8-9H2;3-7,9-11H,1-2,8H2. The Morgan fingerprint density at radius 2 is 1.17 bits per heavy atom. The maximum absolute atomic E-state index is 13.1. The Labute approximate surface area is 262 Å². The lowest BCUT2D eigenvalue weighted by atomic mass is 10.2. The van der Waals surface area contributed by atoms with Crippen molar-refractivity contribution in [3.8, 4) is 11.4 Å². The lowest BCUT2D eigenvalue weighted by molar-refractivity contribution is -0.107. The summed E-state index contributed by atoms with van der Waals surface area (Å²) < 4.78 is 29.1. The molecule has 4 aromatic rings. The number of nitrogens with zero attached hydrogens (tertiary/aromatic N) is 6. The van der Waals surface area contributed by atoms with Crippen LogP contribution in [-0.2, 0) is 17.6 Å². The predicted octanol–water partition coefficient (Wildman–Crippen LogP) is 3.74. The van der Waals surface area contributed by atoms with Crippen molar-refractivity contribution in [3.05, 3.63) is 128 Å². The lowest BCUT2D eigenvalue weighted by Crippen LogP contribution is -2.25. The van der Waals surface area contributed by atoms with Gasteiger partial charge in [-0.15, -0.1) is 0 Å². The smallest absolute Gasteiger partial charge is 0.281 e. The summed E-state index contributed by atoms with van der Waals surface area (Å²) in [5.74, 6) is -0.731. The summed E-state index contributed by atoms with van der Waals surface area (Å²) in [4.78, 5) is 53.0. The van der Waals surface area contributed by atoms with Crippen LogP contribution in [0.2, 0.25) is 0 Å². The molecule has 0 saturated heterocycles. The second kappa shape index (κ2) is 15.0. The average Bonchev–Trinajstić information content (AvgIpc) is 3.81. The van der Waals surface area contributed by atoms with E-state index in [2.05, 4.69) is 20.0 Å². The summed E-state index contributed by atoms with van der Waals surface area (Å²) in [5.41, 5.74) is 3.83. The summed E-state index contributed by atoms with van der Waals surface area (Å²) in [6.45, 7) is 1.11. The van der Waals surface area contributed by atoms with E-state index >= 15 is 0 Å². The van der Waals surface area contributed by atoms with Gasteiger partial charge in [-0.05, 0) is 67.8 Å². The highest BCUT2D eigenvalue weighted by Gasteiger charge is 2.16. The summed E-state index contributed by atoms with van der Waals surface area (Å²) >= 11 is 0. The van der Waals surface area contributed by atoms with E-state index in [-0.39, 0.29) is 29.4 Å². The van der Waals surface area contributed by atoms with Crippen LogP contribution in [0.4, 0.5) is 8.78 Å². The van der Waals surface area contributed by atoms with Crippen molar-refractivity contribution < 1.29 is 18.7 Å². The summed E-state index contributed by atoms with van der Waals surface area (Å²) in [6.07, 6.45) is 12.8. The largest absolute Gasteiger partial charge is 0.396 e. The zero-order valence-corrected chi connectivity index (χ0v) is 24.7. The van der Waals surface area contributed by atoms with Gasteiger partial charge in [0.05, 0.1) is 24.5 Å². The first-order valence-corrected chi connectivity index (χ1v) is 14.6. The Kier molecular flexibility index (Phi) is 10.4. The van der Waals surface area contributed by atoms with Gasteiger partial charge in [0.1, 0.15) is 29.3 Å². The molecule has 2 aliphatic heterocycles. The molecule has 0 aliphatic carbocycles. The van der Waals surface area contributed by atoms with Gasteiger partial charge < -0.3 is 9.90 Å². The van der Waals surface area contributed by atoms with Crippen LogP contribution in [-0.4, -0.2) is 62.6 Å². The molecule has 0 bridgehead atoms. The Morgan fingerprint density at radius 1 is 0.717 bits per heavy atom. The first-order chi connectivity index (χ1) is 22.4. The molecule has 0 radical (unpaired) electrons. The number of aldehydes is 1. The van der Waals surface area contributed by atoms with Gasteiger partial charge in [0.15, 0.2) is 0 Å². The zero-order chi connectivity index (χ0) is 32.5. The van der Waals surface area contributed by atoms with Gasteiger partial charge >= 0.3 is 0 Å². The van der Waals surface area contributed by atoms with Crippen LogP contribution in [0.15, 0.2) is 92.7 Å². The summed E-state index contributed by atoms with van der Waals surface area (Å²) in [5, 5.41) is 9.01. The molecule has 46 heavy (non-hydrogen) atoms. The molecule has 2 aromatic heterocycles. The Morgan fingerprint density at radius 3 is 1.57 bits per heavy atom. The minimum atomic E-state index is -0.372. The molecule has 6 rings (SSSR count). The SMILES string of the molecule is O=CCCc1cn(-c2ccc(F)cc2)c(=O)c(C2=CCN=C2)n1.O=c1c(C2=CCN=C2)nc(CCCO)cn1-c1ccc(F)cc1. The Hall–Kier alpha value is -5.49. The highest BCUT2D eigenvalue weighted by Crippen LogP contribution is 2.16. The molecule has 0 atom stereocenters. The molecule has 0 fully saturated rings. The van der Waals surface area contributed by atoms with E-state index in [1.807, 2.05) is 12.2 Å². The van der Waals surface area contributed by atoms with E-state index in [4.69, 9.17) is 5.11 Å². The topological polar surface area (TPSA) is 132 Å². The maximum Gasteiger partial charge on any atom is 0.281 e. The normalized spacial score (nSPS) is 13.3. The van der Waals surface area contributed by atoms with Crippen LogP contribution in [0.1, 0.15) is 35.6 Å². The van der Waals surface area contributed by atoms with Crippen LogP contribution in [0.3, 0.4) is 0 Å². The predicted molar refractivity (Wildman–Crippen MR) is 172 cm³/mol. The van der Waals surface area contributed by atoms with E-state index in [1.165, 1.54) is 45.5 Å². The number of halogens is 2. The van der Waals surface area contributed by atoms with Crippen LogP contribution in [0.25, 0.3) is 22.5 Å². The molecule has 12 heteroatoms. The van der Waals surface area contributed by atoms with Gasteiger partial charge in [-0.1, -0.05) is 12.2 Å². The number of aliphatic hydroxyl groups is 1. The third-order valence-electron chi connectivity index (χ3n) is 7.07. The van der Waals surface area contributed by atoms with Gasteiger partial charge in [-0.25, -0.2) is 18.7 Å². The molecule has 1 N–H and O–H groups in total. The Balaban J connectivity index is 0.000000181. The molecule has 0 amide bonds. The molecule has 4 heterocycles. The van der Waals surface area contributed by atoms with Crippen LogP contribution in [0, 0.1) is 11.6 Å². The van der Waals surface area contributed by atoms with E-state index < -0.39 is 0 Å². The molecule has 10 nitrogen and oxygen atoms in total. The molecule has 0 spiro atoms. The molecule has 234 valence electrons. The monoisotopic (exact) mass is 624 g/mol. The molecular formula is C34H30F2N6O4. The number of carbonyl (C=O) groups is 1. The second-order valence-corrected chi connectivity index (χ2v) is 10.3. The van der Waals surface area contributed by atoms with E-state index in [1.54, 1.807) is 37.0 Å². The second-order valence-electron chi connectivity index (χ2n) is 10.3. The van der Waals surface area contributed by atoms with Crippen molar-refractivity contribution in [1.29, 1.82) is 0 Å². The van der Waals surface area contributed by atoms with Crippen molar-refractivity contribution >= 4 is 29.9 Å². The quantitative estimate of drug-likeness (QED) is 0.268. The van der Waals surface area contributed by atoms with E-state index in [0.717, 1.165) is 6.29 Å². The third kappa shape index (κ3) is 7.59. The number of aliphatic imine (C=N–C) groups is 2. The van der Waals surface area contributed by atoms with Crippen LogP contribution < -0.4 is 11.1 Å². The van der Waals surface area contributed by atoms with Crippen molar-refractivity contribution in [1.82, 2.24) is 19.1 Å². The van der Waals surface area contributed by atoms with Gasteiger partial charge in [-0.3, -0.25) is 28.7 Å². The van der Waals surface area contributed by atoms with Gasteiger partial charge in [0.25, 0.3) is 11.1 Å². The number of benzene rings is 2. The van der Waals surface area contributed by atoms with Gasteiger partial charge in [0, 0.05) is 60.4 Å². The first-order valence-electron chi connectivity index (χ1n) is 14.6. The number of rotatable bonds is 10. The minimum Gasteiger partial charge on any atom is -0.396 e. The highest BCUT2D eigenvalue weighted by atomic mass is 19.1. The number of allylic oxidation sites excluding steroid dienone is 2. The first kappa shape index (κ1) is 31.9. The number of aryl methyl sites for hydroxylation is 2. The van der Waals surface area contributed by atoms with Crippen molar-refractivity contribution in [2.45, 2.75) is 25.7 Å². The summed E-state index contributed by atoms with van der Waals surface area (Å²) in [6, 6.07) is 11.4. The lowest BCUT2D eigenvalue weighted by Gasteiger charge is -2.11. The van der Waals surface area contributed by atoms with Crippen molar-refractivity contribution in [3.63, 3.8) is 0 Å². The van der Waals surface area contributed by atoms with Crippen molar-refractivity contribution in [2.24, 2.45) is 9.98 Å². The number of hydrogen-bond acceptors (Lipinski definition) is 8. The van der Waals surface area contributed by atoms with Gasteiger partial charge in [0.2, 0.25) is 0 Å². The van der Waals surface area contributed by atoms with E-state index in [0.29, 0.717) is 84.1 Å². The van der Waals surface area contributed by atoms with Crippen LogP contribution >= 0.6 is 0 Å². The Bertz CT molecular complexity index is 1960. The number of aliphatic hydroxyl groups excluding tert-OH is 1. The molecule has 2 aromatic carbocycles. The summed E-state index contributed by atoms with van der Waals surface area (Å²) in [7, 11) is 0. The minimum absolute atomic E-state index is 0.0524. The maximum atomic E-state index is 13.1. The van der Waals surface area contributed by atoms with Crippen molar-refractivity contribution in [2.75, 3.05) is 19.7 Å². The fourth-order valence-corrected chi connectivity index (χ4v) is 4.78. The number of hydrogen-bond donors (Lipinski definition) is 1.